The molecule has 4 nitrogen and oxygen atoms in total. The minimum atomic E-state index is -0.0264. The maximum Gasteiger partial charge on any atom is 0.238 e. The molecule has 1 aliphatic heterocycles. The summed E-state index contributed by atoms with van der Waals surface area (Å²) in [4.78, 5) is 14.3. The number of ether oxygens (including phenoxy) is 1. The molecule has 1 heterocycles. The van der Waals surface area contributed by atoms with Gasteiger partial charge in [0.25, 0.3) is 0 Å². The van der Waals surface area contributed by atoms with Crippen molar-refractivity contribution in [3.05, 3.63) is 28.8 Å². The first-order chi connectivity index (χ1) is 10.1. The van der Waals surface area contributed by atoms with Gasteiger partial charge in [-0.25, -0.2) is 0 Å². The lowest BCUT2D eigenvalue weighted by atomic mass is 10.1. The lowest BCUT2D eigenvalue weighted by Gasteiger charge is -2.22. The van der Waals surface area contributed by atoms with E-state index in [0.717, 1.165) is 38.3 Å². The van der Waals surface area contributed by atoms with Crippen molar-refractivity contribution in [3.63, 3.8) is 0 Å². The van der Waals surface area contributed by atoms with E-state index in [4.69, 9.17) is 16.3 Å². The number of amides is 1. The highest BCUT2D eigenvalue weighted by Gasteiger charge is 2.20. The van der Waals surface area contributed by atoms with Gasteiger partial charge in [-0.1, -0.05) is 24.6 Å². The maximum atomic E-state index is 12.2. The summed E-state index contributed by atoms with van der Waals surface area (Å²) in [5.74, 6) is 0.516. The van der Waals surface area contributed by atoms with Crippen LogP contribution in [0.1, 0.15) is 18.9 Å². The second kappa shape index (κ2) is 7.78. The van der Waals surface area contributed by atoms with E-state index in [9.17, 15) is 4.79 Å². The average Bonchev–Trinajstić information content (AvgIpc) is 2.94. The number of hydrogen-bond acceptors (Lipinski definition) is 3. The molecule has 0 spiro atoms. The molecule has 2 rings (SSSR count). The van der Waals surface area contributed by atoms with Gasteiger partial charge >= 0.3 is 0 Å². The van der Waals surface area contributed by atoms with Crippen molar-refractivity contribution < 1.29 is 9.53 Å². The number of likely N-dealkylation sites (N-methyl/N-ethyl adjacent to an activating group) is 1. The van der Waals surface area contributed by atoms with Crippen LogP contribution in [0.5, 0.6) is 0 Å². The van der Waals surface area contributed by atoms with Gasteiger partial charge in [0.05, 0.1) is 23.9 Å². The van der Waals surface area contributed by atoms with Crippen LogP contribution in [-0.4, -0.2) is 43.7 Å². The molecule has 1 aromatic rings. The topological polar surface area (TPSA) is 41.6 Å². The van der Waals surface area contributed by atoms with Crippen molar-refractivity contribution in [2.75, 3.05) is 38.2 Å². The van der Waals surface area contributed by atoms with Crippen molar-refractivity contribution in [2.45, 2.75) is 20.3 Å². The van der Waals surface area contributed by atoms with E-state index in [-0.39, 0.29) is 5.91 Å². The van der Waals surface area contributed by atoms with Crippen LogP contribution in [0, 0.1) is 12.8 Å². The first-order valence-corrected chi connectivity index (χ1v) is 7.82. The Labute approximate surface area is 131 Å². The van der Waals surface area contributed by atoms with E-state index in [0.29, 0.717) is 23.2 Å². The number of nitrogens with one attached hydrogen (secondary N) is 1. The first-order valence-electron chi connectivity index (χ1n) is 7.44. The van der Waals surface area contributed by atoms with Crippen LogP contribution in [-0.2, 0) is 9.53 Å². The molecule has 0 radical (unpaired) electrons. The number of halogens is 1. The summed E-state index contributed by atoms with van der Waals surface area (Å²) in [6.07, 6.45) is 1.09. The van der Waals surface area contributed by atoms with Gasteiger partial charge in [0.15, 0.2) is 0 Å². The van der Waals surface area contributed by atoms with Crippen LogP contribution in [0.4, 0.5) is 5.69 Å². The van der Waals surface area contributed by atoms with Crippen LogP contribution < -0.4 is 5.32 Å². The first kappa shape index (κ1) is 16.3. The summed E-state index contributed by atoms with van der Waals surface area (Å²) in [6.45, 7) is 7.84. The molecule has 0 bridgehead atoms. The molecule has 5 heteroatoms. The molecule has 0 aromatic heterocycles. The number of carbonyl (C=O) groups is 1. The fourth-order valence-electron chi connectivity index (χ4n) is 2.51. The average molecular weight is 311 g/mol. The summed E-state index contributed by atoms with van der Waals surface area (Å²) < 4.78 is 5.39. The molecule has 1 aromatic carbocycles. The number of rotatable bonds is 6. The third-order valence-electron chi connectivity index (χ3n) is 3.75. The number of aryl methyl sites for hydroxylation is 1. The fraction of sp³-hybridized carbons (Fsp3) is 0.562. The molecule has 1 aliphatic rings. The zero-order valence-electron chi connectivity index (χ0n) is 12.7. The fourth-order valence-corrected chi connectivity index (χ4v) is 2.79. The van der Waals surface area contributed by atoms with Gasteiger partial charge in [0.1, 0.15) is 0 Å². The number of nitrogens with zero attached hydrogens (tertiary/aromatic N) is 1. The molecule has 1 atom stereocenters. The Kier molecular flexibility index (Phi) is 6.03. The van der Waals surface area contributed by atoms with E-state index in [1.54, 1.807) is 0 Å². The highest BCUT2D eigenvalue weighted by Crippen LogP contribution is 2.22. The van der Waals surface area contributed by atoms with Crippen LogP contribution >= 0.6 is 11.6 Å². The minimum absolute atomic E-state index is 0.0264. The molecule has 116 valence electrons. The van der Waals surface area contributed by atoms with Crippen molar-refractivity contribution >= 4 is 23.2 Å². The largest absolute Gasteiger partial charge is 0.381 e. The molecule has 1 N–H and O–H groups in total. The van der Waals surface area contributed by atoms with Gasteiger partial charge in [-0.3, -0.25) is 9.69 Å². The van der Waals surface area contributed by atoms with Crippen molar-refractivity contribution in [2.24, 2.45) is 5.92 Å². The van der Waals surface area contributed by atoms with Gasteiger partial charge in [-0.05, 0) is 43.5 Å². The standard InChI is InChI=1S/C16H23ClN2O2/c1-3-19(9-13-6-7-21-11-13)10-16(20)18-15-5-4-12(2)8-14(15)17/h4-5,8,13H,3,6-7,9-11H2,1-2H3,(H,18,20). The summed E-state index contributed by atoms with van der Waals surface area (Å²) in [7, 11) is 0. The lowest BCUT2D eigenvalue weighted by molar-refractivity contribution is -0.117. The smallest absolute Gasteiger partial charge is 0.238 e. The molecule has 1 fully saturated rings. The maximum absolute atomic E-state index is 12.2. The van der Waals surface area contributed by atoms with E-state index in [1.165, 1.54) is 0 Å². The van der Waals surface area contributed by atoms with Gasteiger partial charge in [-0.2, -0.15) is 0 Å². The van der Waals surface area contributed by atoms with Gasteiger partial charge in [0, 0.05) is 13.2 Å². The van der Waals surface area contributed by atoms with Gasteiger partial charge in [0.2, 0.25) is 5.91 Å². The Balaban J connectivity index is 1.86. The monoisotopic (exact) mass is 310 g/mol. The molecule has 21 heavy (non-hydrogen) atoms. The van der Waals surface area contributed by atoms with Crippen LogP contribution in [0.3, 0.4) is 0 Å². The molecule has 0 aliphatic carbocycles. The quantitative estimate of drug-likeness (QED) is 0.878. The summed E-state index contributed by atoms with van der Waals surface area (Å²) in [6, 6.07) is 5.64. The SMILES string of the molecule is CCN(CC(=O)Nc1ccc(C)cc1Cl)CC1CCOC1. The third-order valence-corrected chi connectivity index (χ3v) is 4.07. The molecule has 1 unspecified atom stereocenters. The number of anilines is 1. The van der Waals surface area contributed by atoms with E-state index >= 15 is 0 Å². The van der Waals surface area contributed by atoms with Crippen molar-refractivity contribution in [3.8, 4) is 0 Å². The number of hydrogen-bond donors (Lipinski definition) is 1. The van der Waals surface area contributed by atoms with Gasteiger partial charge < -0.3 is 10.1 Å². The van der Waals surface area contributed by atoms with Crippen molar-refractivity contribution in [1.82, 2.24) is 4.90 Å². The lowest BCUT2D eigenvalue weighted by Crippen LogP contribution is -2.36. The van der Waals surface area contributed by atoms with Crippen LogP contribution in [0.15, 0.2) is 18.2 Å². The zero-order chi connectivity index (χ0) is 15.2. The van der Waals surface area contributed by atoms with Gasteiger partial charge in [-0.15, -0.1) is 0 Å². The number of benzene rings is 1. The van der Waals surface area contributed by atoms with Crippen LogP contribution in [0.2, 0.25) is 5.02 Å². The summed E-state index contributed by atoms with van der Waals surface area (Å²) >= 11 is 6.14. The van der Waals surface area contributed by atoms with E-state index < -0.39 is 0 Å². The normalized spacial score (nSPS) is 18.2. The van der Waals surface area contributed by atoms with E-state index in [2.05, 4.69) is 17.1 Å². The highest BCUT2D eigenvalue weighted by atomic mass is 35.5. The second-order valence-electron chi connectivity index (χ2n) is 5.59. The zero-order valence-corrected chi connectivity index (χ0v) is 13.4. The Hall–Kier alpha value is -1.10. The Morgan fingerprint density at radius 1 is 1.52 bits per heavy atom. The Bertz CT molecular complexity index is 487. The molecule has 0 saturated carbocycles. The molecule has 1 amide bonds. The third kappa shape index (κ3) is 4.99. The van der Waals surface area contributed by atoms with E-state index in [1.807, 2.05) is 25.1 Å². The van der Waals surface area contributed by atoms with Crippen molar-refractivity contribution in [1.29, 1.82) is 0 Å². The minimum Gasteiger partial charge on any atom is -0.381 e. The predicted molar refractivity (Wildman–Crippen MR) is 85.9 cm³/mol. The number of carbonyl (C=O) groups excluding carboxylic acids is 1. The summed E-state index contributed by atoms with van der Waals surface area (Å²) in [5.41, 5.74) is 1.75. The Morgan fingerprint density at radius 3 is 2.95 bits per heavy atom. The molecule has 1 saturated heterocycles. The molecular weight excluding hydrogens is 288 g/mol. The second-order valence-corrected chi connectivity index (χ2v) is 6.00. The summed E-state index contributed by atoms with van der Waals surface area (Å²) in [5, 5.41) is 3.46. The molecular formula is C16H23ClN2O2. The Morgan fingerprint density at radius 2 is 2.33 bits per heavy atom. The highest BCUT2D eigenvalue weighted by molar-refractivity contribution is 6.33. The predicted octanol–water partition coefficient (Wildman–Crippen LogP) is 2.95. The van der Waals surface area contributed by atoms with Crippen LogP contribution in [0.25, 0.3) is 0 Å².